The molecule has 2 rings (SSSR count). The van der Waals surface area contributed by atoms with Gasteiger partial charge < -0.3 is 13.8 Å². The summed E-state index contributed by atoms with van der Waals surface area (Å²) < 4.78 is 30.3. The van der Waals surface area contributed by atoms with E-state index in [2.05, 4.69) is 22.6 Å². The molecule has 0 aliphatic carbocycles. The summed E-state index contributed by atoms with van der Waals surface area (Å²) >= 11 is 2.06. The lowest BCUT2D eigenvalue weighted by molar-refractivity contribution is 0.0440. The van der Waals surface area contributed by atoms with E-state index in [-0.39, 0.29) is 13.2 Å². The maximum Gasteiger partial charge on any atom is 0.374 e. The second kappa shape index (κ2) is 10.8. The van der Waals surface area contributed by atoms with Gasteiger partial charge in [0.2, 0.25) is 5.85 Å². The quantitative estimate of drug-likeness (QED) is 0.249. The SMILES string of the molecule is CCOP(=O)(OCC)C(/C=C/c1ccccc1)OC(=O)c1ccccc1I. The predicted molar refractivity (Wildman–Crippen MR) is 115 cm³/mol. The first-order valence-corrected chi connectivity index (χ1v) is 11.3. The van der Waals surface area contributed by atoms with Crippen molar-refractivity contribution < 1.29 is 23.1 Å². The van der Waals surface area contributed by atoms with Crippen LogP contribution in [0.25, 0.3) is 6.08 Å². The highest BCUT2D eigenvalue weighted by Crippen LogP contribution is 2.54. The molecule has 0 radical (unpaired) electrons. The topological polar surface area (TPSA) is 61.8 Å². The van der Waals surface area contributed by atoms with Crippen LogP contribution in [0.3, 0.4) is 0 Å². The molecule has 27 heavy (non-hydrogen) atoms. The van der Waals surface area contributed by atoms with E-state index < -0.39 is 19.4 Å². The molecule has 0 aromatic heterocycles. The Morgan fingerprint density at radius 1 is 1.04 bits per heavy atom. The molecule has 0 spiro atoms. The highest BCUT2D eigenvalue weighted by Gasteiger charge is 2.37. The van der Waals surface area contributed by atoms with Crippen molar-refractivity contribution in [1.29, 1.82) is 0 Å². The van der Waals surface area contributed by atoms with Crippen LogP contribution >= 0.6 is 30.2 Å². The summed E-state index contributed by atoms with van der Waals surface area (Å²) in [4.78, 5) is 12.6. The molecule has 0 bridgehead atoms. The minimum absolute atomic E-state index is 0.174. The molecular formula is C20H22IO5P. The number of benzene rings is 2. The first kappa shape index (κ1) is 21.8. The summed E-state index contributed by atoms with van der Waals surface area (Å²) in [7, 11) is -3.69. The van der Waals surface area contributed by atoms with Gasteiger partial charge >= 0.3 is 13.6 Å². The van der Waals surface area contributed by atoms with Gasteiger partial charge in [-0.05, 0) is 60.2 Å². The molecule has 1 atom stereocenters. The monoisotopic (exact) mass is 500 g/mol. The zero-order valence-electron chi connectivity index (χ0n) is 15.2. The van der Waals surface area contributed by atoms with E-state index >= 15 is 0 Å². The normalized spacial score (nSPS) is 12.9. The molecule has 0 N–H and O–H groups in total. The van der Waals surface area contributed by atoms with Crippen LogP contribution in [0, 0.1) is 3.57 Å². The fraction of sp³-hybridized carbons (Fsp3) is 0.250. The molecule has 5 nitrogen and oxygen atoms in total. The van der Waals surface area contributed by atoms with Gasteiger partial charge in [0.25, 0.3) is 0 Å². The Bertz CT molecular complexity index is 812. The number of hydrogen-bond acceptors (Lipinski definition) is 5. The van der Waals surface area contributed by atoms with Crippen LogP contribution in [-0.4, -0.2) is 25.0 Å². The molecule has 0 fully saturated rings. The lowest BCUT2D eigenvalue weighted by atomic mass is 10.2. The molecule has 2 aromatic rings. The Balaban J connectivity index is 2.33. The summed E-state index contributed by atoms with van der Waals surface area (Å²) in [5, 5.41) is 0. The second-order valence-corrected chi connectivity index (χ2v) is 8.69. The van der Waals surface area contributed by atoms with Crippen LogP contribution in [0.2, 0.25) is 0 Å². The molecule has 0 aliphatic heterocycles. The van der Waals surface area contributed by atoms with Crippen molar-refractivity contribution in [3.63, 3.8) is 0 Å². The number of hydrogen-bond donors (Lipinski definition) is 0. The van der Waals surface area contributed by atoms with E-state index in [0.717, 1.165) is 9.13 Å². The highest BCUT2D eigenvalue weighted by molar-refractivity contribution is 14.1. The third-order valence-corrected chi connectivity index (χ3v) is 6.58. The number of halogens is 1. The minimum Gasteiger partial charge on any atom is -0.441 e. The Labute approximate surface area is 173 Å². The third-order valence-electron chi connectivity index (χ3n) is 3.50. The lowest BCUT2D eigenvalue weighted by Gasteiger charge is -2.24. The fourth-order valence-electron chi connectivity index (χ4n) is 2.31. The van der Waals surface area contributed by atoms with Crippen LogP contribution in [0.1, 0.15) is 29.8 Å². The fourth-order valence-corrected chi connectivity index (χ4v) is 4.53. The van der Waals surface area contributed by atoms with Gasteiger partial charge in [-0.25, -0.2) is 4.79 Å². The van der Waals surface area contributed by atoms with Crippen LogP contribution in [0.15, 0.2) is 60.7 Å². The maximum atomic E-state index is 13.2. The van der Waals surface area contributed by atoms with E-state index in [4.69, 9.17) is 13.8 Å². The number of rotatable bonds is 9. The molecule has 1 unspecified atom stereocenters. The highest BCUT2D eigenvalue weighted by atomic mass is 127. The summed E-state index contributed by atoms with van der Waals surface area (Å²) in [5.74, 6) is -1.73. The van der Waals surface area contributed by atoms with E-state index in [1.165, 1.54) is 0 Å². The van der Waals surface area contributed by atoms with E-state index in [1.807, 2.05) is 36.4 Å². The van der Waals surface area contributed by atoms with Crippen molar-refractivity contribution >= 4 is 42.2 Å². The smallest absolute Gasteiger partial charge is 0.374 e. The van der Waals surface area contributed by atoms with Gasteiger partial charge in [-0.3, -0.25) is 4.57 Å². The van der Waals surface area contributed by atoms with Crippen molar-refractivity contribution in [2.45, 2.75) is 19.7 Å². The molecule has 7 heteroatoms. The minimum atomic E-state index is -3.69. The van der Waals surface area contributed by atoms with Gasteiger partial charge in [0.05, 0.1) is 18.8 Å². The number of carbonyl (C=O) groups excluding carboxylic acids is 1. The average molecular weight is 500 g/mol. The first-order valence-electron chi connectivity index (χ1n) is 8.57. The van der Waals surface area contributed by atoms with Crippen molar-refractivity contribution in [2.75, 3.05) is 13.2 Å². The van der Waals surface area contributed by atoms with Gasteiger partial charge in [-0.1, -0.05) is 48.5 Å². The van der Waals surface area contributed by atoms with Gasteiger partial charge in [0, 0.05) is 3.57 Å². The van der Waals surface area contributed by atoms with Crippen LogP contribution in [0.5, 0.6) is 0 Å². The van der Waals surface area contributed by atoms with E-state index in [0.29, 0.717) is 5.56 Å². The van der Waals surface area contributed by atoms with Gasteiger partial charge in [0.1, 0.15) is 0 Å². The van der Waals surface area contributed by atoms with Gasteiger partial charge in [-0.2, -0.15) is 0 Å². The number of esters is 1. The van der Waals surface area contributed by atoms with E-state index in [1.54, 1.807) is 44.2 Å². The Morgan fingerprint density at radius 3 is 2.22 bits per heavy atom. The summed E-state index contributed by atoms with van der Waals surface area (Å²) in [6, 6.07) is 16.5. The molecule has 0 aliphatic rings. The summed E-state index contributed by atoms with van der Waals surface area (Å²) in [6.45, 7) is 3.78. The van der Waals surface area contributed by atoms with Crippen LogP contribution in [-0.2, 0) is 18.3 Å². The van der Waals surface area contributed by atoms with Gasteiger partial charge in [0.15, 0.2) is 0 Å². The molecule has 0 saturated carbocycles. The molecule has 0 heterocycles. The summed E-state index contributed by atoms with van der Waals surface area (Å²) in [5.41, 5.74) is 1.28. The Hall–Kier alpha value is -1.47. The molecule has 144 valence electrons. The van der Waals surface area contributed by atoms with Crippen molar-refractivity contribution in [3.8, 4) is 0 Å². The van der Waals surface area contributed by atoms with Crippen LogP contribution < -0.4 is 0 Å². The predicted octanol–water partition coefficient (Wildman–Crippen LogP) is 5.75. The Kier molecular flexibility index (Phi) is 8.70. The van der Waals surface area contributed by atoms with Crippen molar-refractivity contribution in [1.82, 2.24) is 0 Å². The molecule has 0 amide bonds. The first-order chi connectivity index (χ1) is 13.0. The van der Waals surface area contributed by atoms with Crippen LogP contribution in [0.4, 0.5) is 0 Å². The molecule has 2 aromatic carbocycles. The average Bonchev–Trinajstić information content (AvgIpc) is 2.66. The lowest BCUT2D eigenvalue weighted by Crippen LogP contribution is -2.20. The second-order valence-electron chi connectivity index (χ2n) is 5.42. The molecular weight excluding hydrogens is 478 g/mol. The van der Waals surface area contributed by atoms with E-state index in [9.17, 15) is 9.36 Å². The standard InChI is InChI=1S/C20H22IO5P/c1-3-24-27(23,25-4-2)19(15-14-16-10-6-5-7-11-16)26-20(22)17-12-8-9-13-18(17)21/h5-15,19H,3-4H2,1-2H3/b15-14+. The van der Waals surface area contributed by atoms with Crippen molar-refractivity contribution in [3.05, 3.63) is 75.4 Å². The Morgan fingerprint density at radius 2 is 1.63 bits per heavy atom. The summed E-state index contributed by atoms with van der Waals surface area (Å²) in [6.07, 6.45) is 3.29. The largest absolute Gasteiger partial charge is 0.441 e. The third kappa shape index (κ3) is 6.28. The van der Waals surface area contributed by atoms with Crippen molar-refractivity contribution in [2.24, 2.45) is 0 Å². The molecule has 0 saturated heterocycles. The number of carbonyl (C=O) groups is 1. The zero-order chi connectivity index (χ0) is 19.7. The van der Waals surface area contributed by atoms with Gasteiger partial charge in [-0.15, -0.1) is 0 Å². The maximum absolute atomic E-state index is 13.2. The zero-order valence-corrected chi connectivity index (χ0v) is 18.3. The number of ether oxygens (including phenoxy) is 1.